The fraction of sp³-hybridized carbons (Fsp3) is 0.500. The first-order valence-corrected chi connectivity index (χ1v) is 10.8. The number of anilines is 1. The van der Waals surface area contributed by atoms with Gasteiger partial charge in [0.1, 0.15) is 0 Å². The van der Waals surface area contributed by atoms with E-state index in [1.54, 1.807) is 0 Å². The Labute approximate surface area is 174 Å². The number of amides is 2. The van der Waals surface area contributed by atoms with Crippen molar-refractivity contribution in [3.05, 3.63) is 46.8 Å². The molecule has 2 amide bonds. The molecule has 3 N–H and O–H groups in total. The molecule has 0 aliphatic carbocycles. The molecule has 1 saturated heterocycles. The van der Waals surface area contributed by atoms with E-state index < -0.39 is 0 Å². The summed E-state index contributed by atoms with van der Waals surface area (Å²) in [6, 6.07) is 8.38. The van der Waals surface area contributed by atoms with E-state index in [1.165, 1.54) is 12.0 Å². The Morgan fingerprint density at radius 3 is 2.38 bits per heavy atom. The van der Waals surface area contributed by atoms with E-state index in [0.29, 0.717) is 12.5 Å². The number of carbonyl (C=O) groups is 1. The molecule has 1 fully saturated rings. The summed E-state index contributed by atoms with van der Waals surface area (Å²) < 4.78 is 0. The lowest BCUT2D eigenvalue weighted by molar-refractivity contribution is 0.200. The van der Waals surface area contributed by atoms with Crippen LogP contribution in [0.2, 0.25) is 0 Å². The number of aromatic nitrogens is 1. The number of benzene rings is 1. The van der Waals surface area contributed by atoms with Crippen molar-refractivity contribution < 1.29 is 4.79 Å². The zero-order valence-electron chi connectivity index (χ0n) is 18.2. The lowest BCUT2D eigenvalue weighted by Gasteiger charge is -2.28. The molecule has 1 aromatic heterocycles. The van der Waals surface area contributed by atoms with Gasteiger partial charge in [0.05, 0.1) is 11.4 Å². The standard InChI is InChI=1S/C24H34N4O/c1-16(2)14-21-20(15-25)22(19-10-8-17(3)9-11-19)23(18(4)26-21)27-24(29)28-12-6-5-7-13-28/h8-11,16H,5-7,12-15,25H2,1-4H3,(H,27,29). The monoisotopic (exact) mass is 394 g/mol. The third kappa shape index (κ3) is 4.96. The molecule has 1 aliphatic heterocycles. The predicted molar refractivity (Wildman–Crippen MR) is 120 cm³/mol. The van der Waals surface area contributed by atoms with Crippen molar-refractivity contribution in [2.75, 3.05) is 18.4 Å². The normalized spacial score (nSPS) is 14.3. The van der Waals surface area contributed by atoms with Crippen LogP contribution in [0.3, 0.4) is 0 Å². The second-order valence-corrected chi connectivity index (χ2v) is 8.52. The lowest BCUT2D eigenvalue weighted by atomic mass is 9.92. The molecule has 5 heteroatoms. The van der Waals surface area contributed by atoms with E-state index in [2.05, 4.69) is 50.4 Å². The van der Waals surface area contributed by atoms with Crippen molar-refractivity contribution in [2.45, 2.75) is 59.9 Å². The van der Waals surface area contributed by atoms with Gasteiger partial charge in [-0.2, -0.15) is 0 Å². The molecule has 5 nitrogen and oxygen atoms in total. The van der Waals surface area contributed by atoms with Crippen LogP contribution in [0.25, 0.3) is 11.1 Å². The number of hydrogen-bond acceptors (Lipinski definition) is 3. The number of piperidine rings is 1. The Hall–Kier alpha value is -2.40. The van der Waals surface area contributed by atoms with Gasteiger partial charge in [-0.05, 0) is 56.6 Å². The second-order valence-electron chi connectivity index (χ2n) is 8.52. The van der Waals surface area contributed by atoms with Gasteiger partial charge < -0.3 is 16.0 Å². The minimum absolute atomic E-state index is 0.0393. The highest BCUT2D eigenvalue weighted by Crippen LogP contribution is 2.36. The molecule has 2 aromatic rings. The third-order valence-electron chi connectivity index (χ3n) is 5.59. The smallest absolute Gasteiger partial charge is 0.321 e. The van der Waals surface area contributed by atoms with Gasteiger partial charge in [0.25, 0.3) is 0 Å². The number of nitrogens with one attached hydrogen (secondary N) is 1. The van der Waals surface area contributed by atoms with Crippen LogP contribution in [0.5, 0.6) is 0 Å². The van der Waals surface area contributed by atoms with Gasteiger partial charge >= 0.3 is 6.03 Å². The first-order valence-electron chi connectivity index (χ1n) is 10.8. The summed E-state index contributed by atoms with van der Waals surface area (Å²) in [5.74, 6) is 0.479. The number of urea groups is 1. The Morgan fingerprint density at radius 1 is 1.14 bits per heavy atom. The summed E-state index contributed by atoms with van der Waals surface area (Å²) >= 11 is 0. The van der Waals surface area contributed by atoms with Crippen molar-refractivity contribution in [1.82, 2.24) is 9.88 Å². The van der Waals surface area contributed by atoms with Crippen LogP contribution in [-0.4, -0.2) is 29.0 Å². The zero-order valence-corrected chi connectivity index (χ0v) is 18.2. The van der Waals surface area contributed by atoms with Crippen molar-refractivity contribution in [3.63, 3.8) is 0 Å². The summed E-state index contributed by atoms with van der Waals surface area (Å²) in [7, 11) is 0. The van der Waals surface area contributed by atoms with E-state index in [4.69, 9.17) is 10.7 Å². The molecule has 2 heterocycles. The molecule has 1 aliphatic rings. The second kappa shape index (κ2) is 9.40. The Balaban J connectivity index is 2.10. The number of carbonyl (C=O) groups excluding carboxylic acids is 1. The molecule has 0 saturated carbocycles. The number of pyridine rings is 1. The Kier molecular flexibility index (Phi) is 6.91. The lowest BCUT2D eigenvalue weighted by Crippen LogP contribution is -2.39. The van der Waals surface area contributed by atoms with Crippen LogP contribution >= 0.6 is 0 Å². The molecule has 3 rings (SSSR count). The molecular weight excluding hydrogens is 360 g/mol. The van der Waals surface area contributed by atoms with Crippen molar-refractivity contribution in [2.24, 2.45) is 11.7 Å². The zero-order chi connectivity index (χ0) is 21.0. The van der Waals surface area contributed by atoms with Crippen LogP contribution in [-0.2, 0) is 13.0 Å². The molecule has 0 radical (unpaired) electrons. The minimum Gasteiger partial charge on any atom is -0.326 e. The molecule has 0 unspecified atom stereocenters. The third-order valence-corrected chi connectivity index (χ3v) is 5.59. The largest absolute Gasteiger partial charge is 0.326 e. The van der Waals surface area contributed by atoms with Gasteiger partial charge in [0.15, 0.2) is 0 Å². The molecule has 0 atom stereocenters. The first-order chi connectivity index (χ1) is 13.9. The number of nitrogens with zero attached hydrogens (tertiary/aromatic N) is 2. The quantitative estimate of drug-likeness (QED) is 0.746. The SMILES string of the molecule is Cc1ccc(-c2c(CN)c(CC(C)C)nc(C)c2NC(=O)N2CCCCC2)cc1. The Bertz CT molecular complexity index is 852. The van der Waals surface area contributed by atoms with Crippen LogP contribution in [0.15, 0.2) is 24.3 Å². The fourth-order valence-electron chi connectivity index (χ4n) is 4.05. The Morgan fingerprint density at radius 2 is 1.79 bits per heavy atom. The molecule has 0 bridgehead atoms. The van der Waals surface area contributed by atoms with Crippen molar-refractivity contribution in [1.29, 1.82) is 0 Å². The van der Waals surface area contributed by atoms with E-state index in [9.17, 15) is 4.79 Å². The molecule has 0 spiro atoms. The molecule has 1 aromatic carbocycles. The maximum atomic E-state index is 13.0. The van der Waals surface area contributed by atoms with Gasteiger partial charge in [0, 0.05) is 30.9 Å². The van der Waals surface area contributed by atoms with Gasteiger partial charge in [-0.3, -0.25) is 4.98 Å². The highest BCUT2D eigenvalue weighted by Gasteiger charge is 2.23. The van der Waals surface area contributed by atoms with Gasteiger partial charge in [-0.25, -0.2) is 4.79 Å². The van der Waals surface area contributed by atoms with Crippen LogP contribution in [0.4, 0.5) is 10.5 Å². The molecular formula is C24H34N4O. The minimum atomic E-state index is -0.0393. The van der Waals surface area contributed by atoms with E-state index in [0.717, 1.165) is 66.1 Å². The van der Waals surface area contributed by atoms with E-state index in [-0.39, 0.29) is 6.03 Å². The van der Waals surface area contributed by atoms with E-state index in [1.807, 2.05) is 11.8 Å². The summed E-state index contributed by atoms with van der Waals surface area (Å²) in [5, 5.41) is 3.19. The summed E-state index contributed by atoms with van der Waals surface area (Å²) in [5.41, 5.74) is 13.2. The molecule has 156 valence electrons. The first kappa shape index (κ1) is 21.3. The van der Waals surface area contributed by atoms with Crippen molar-refractivity contribution >= 4 is 11.7 Å². The van der Waals surface area contributed by atoms with Gasteiger partial charge in [-0.1, -0.05) is 43.7 Å². The highest BCUT2D eigenvalue weighted by atomic mass is 16.2. The average molecular weight is 395 g/mol. The number of rotatable bonds is 5. The summed E-state index contributed by atoms with van der Waals surface area (Å²) in [4.78, 5) is 19.8. The number of aryl methyl sites for hydroxylation is 2. The topological polar surface area (TPSA) is 71.2 Å². The predicted octanol–water partition coefficient (Wildman–Crippen LogP) is 5.04. The summed E-state index contributed by atoms with van der Waals surface area (Å²) in [6.45, 7) is 10.5. The van der Waals surface area contributed by atoms with Crippen LogP contribution in [0, 0.1) is 19.8 Å². The van der Waals surface area contributed by atoms with Gasteiger partial charge in [-0.15, -0.1) is 0 Å². The summed E-state index contributed by atoms with van der Waals surface area (Å²) in [6.07, 6.45) is 4.19. The van der Waals surface area contributed by atoms with E-state index >= 15 is 0 Å². The van der Waals surface area contributed by atoms with Gasteiger partial charge in [0.2, 0.25) is 0 Å². The van der Waals surface area contributed by atoms with Crippen LogP contribution < -0.4 is 11.1 Å². The highest BCUT2D eigenvalue weighted by molar-refractivity contribution is 5.96. The maximum absolute atomic E-state index is 13.0. The number of likely N-dealkylation sites (tertiary alicyclic amines) is 1. The molecule has 29 heavy (non-hydrogen) atoms. The fourth-order valence-corrected chi connectivity index (χ4v) is 4.05. The van der Waals surface area contributed by atoms with Crippen molar-refractivity contribution in [3.8, 4) is 11.1 Å². The average Bonchev–Trinajstić information content (AvgIpc) is 2.70. The maximum Gasteiger partial charge on any atom is 0.321 e. The van der Waals surface area contributed by atoms with Crippen LogP contribution in [0.1, 0.15) is 55.6 Å². The number of nitrogens with two attached hydrogens (primary N) is 1. The number of hydrogen-bond donors (Lipinski definition) is 2.